The predicted molar refractivity (Wildman–Crippen MR) is 106 cm³/mol. The molecule has 10 heteroatoms. The first-order valence-electron chi connectivity index (χ1n) is 9.65. The summed E-state index contributed by atoms with van der Waals surface area (Å²) in [5.74, 6) is -0.581. The van der Waals surface area contributed by atoms with Gasteiger partial charge in [0.1, 0.15) is 12.6 Å². The van der Waals surface area contributed by atoms with Crippen molar-refractivity contribution in [2.45, 2.75) is 44.9 Å². The van der Waals surface area contributed by atoms with Gasteiger partial charge in [0.25, 0.3) is 5.69 Å². The van der Waals surface area contributed by atoms with E-state index in [1.165, 1.54) is 25.0 Å². The summed E-state index contributed by atoms with van der Waals surface area (Å²) in [4.78, 5) is 38.9. The Hall–Kier alpha value is -3.69. The highest BCUT2D eigenvalue weighted by molar-refractivity contribution is 5.80. The largest absolute Gasteiger partial charge is 0.474 e. The Labute approximate surface area is 170 Å². The van der Waals surface area contributed by atoms with Crippen molar-refractivity contribution >= 4 is 22.7 Å². The van der Waals surface area contributed by atoms with Crippen LogP contribution in [-0.2, 0) is 17.9 Å². The molecule has 4 rings (SSSR count). The van der Waals surface area contributed by atoms with Crippen molar-refractivity contribution in [3.63, 3.8) is 0 Å². The smallest absolute Gasteiger partial charge is 0.420 e. The van der Waals surface area contributed by atoms with E-state index < -0.39 is 16.6 Å². The van der Waals surface area contributed by atoms with E-state index in [0.717, 1.165) is 29.0 Å². The molecule has 2 aromatic heterocycles. The Balaban J connectivity index is 1.36. The molecule has 1 aliphatic carbocycles. The molecule has 1 amide bonds. The van der Waals surface area contributed by atoms with Crippen LogP contribution in [0.1, 0.15) is 31.2 Å². The molecule has 1 saturated carbocycles. The number of nitro groups is 1. The highest BCUT2D eigenvalue weighted by Gasteiger charge is 2.17. The van der Waals surface area contributed by atoms with Gasteiger partial charge in [0.15, 0.2) is 5.58 Å². The van der Waals surface area contributed by atoms with Crippen LogP contribution in [0, 0.1) is 10.1 Å². The van der Waals surface area contributed by atoms with Crippen LogP contribution in [0.15, 0.2) is 45.7 Å². The van der Waals surface area contributed by atoms with E-state index in [9.17, 15) is 19.7 Å². The average Bonchev–Trinajstić information content (AvgIpc) is 3.35. The molecule has 0 aliphatic heterocycles. The minimum Gasteiger partial charge on any atom is -0.474 e. The molecular weight excluding hydrogens is 392 g/mol. The second-order valence-corrected chi connectivity index (χ2v) is 7.17. The zero-order chi connectivity index (χ0) is 21.1. The lowest BCUT2D eigenvalue weighted by atomic mass is 10.2. The average molecular weight is 412 g/mol. The lowest BCUT2D eigenvalue weighted by molar-refractivity contribution is -0.384. The Morgan fingerprint density at radius 1 is 1.30 bits per heavy atom. The molecule has 1 fully saturated rings. The summed E-state index contributed by atoms with van der Waals surface area (Å²) >= 11 is 0. The van der Waals surface area contributed by atoms with Crippen molar-refractivity contribution < 1.29 is 18.9 Å². The van der Waals surface area contributed by atoms with E-state index in [0.29, 0.717) is 11.4 Å². The number of benzene rings is 1. The van der Waals surface area contributed by atoms with Gasteiger partial charge < -0.3 is 14.5 Å². The fraction of sp³-hybridized carbons (Fsp3) is 0.350. The minimum atomic E-state index is -0.754. The number of nitrogens with one attached hydrogen (secondary N) is 1. The number of hydrogen-bond donors (Lipinski definition) is 1. The molecule has 1 aromatic carbocycles. The quantitative estimate of drug-likeness (QED) is 0.466. The maximum Gasteiger partial charge on any atom is 0.420 e. The van der Waals surface area contributed by atoms with Crippen LogP contribution in [0.25, 0.3) is 11.1 Å². The SMILES string of the molecule is O=C(Cn1c(=O)oc2cc([N+](=O)[O-])ccc21)NCc1ccc(OC2CCCC2)nc1. The van der Waals surface area contributed by atoms with Gasteiger partial charge in [0.2, 0.25) is 11.8 Å². The standard InChI is InChI=1S/C20H20N4O6/c25-18(12-23-16-7-6-14(24(27)28)9-17(16)30-20(23)26)21-10-13-5-8-19(22-11-13)29-15-3-1-2-4-15/h5-9,11,15H,1-4,10,12H2,(H,21,25). The van der Waals surface area contributed by atoms with Crippen molar-refractivity contribution in [2.24, 2.45) is 0 Å². The number of pyridine rings is 1. The predicted octanol–water partition coefficient (Wildman–Crippen LogP) is 2.54. The number of nitrogens with zero attached hydrogens (tertiary/aromatic N) is 3. The summed E-state index contributed by atoms with van der Waals surface area (Å²) in [7, 11) is 0. The van der Waals surface area contributed by atoms with Crippen LogP contribution in [0.5, 0.6) is 5.88 Å². The summed E-state index contributed by atoms with van der Waals surface area (Å²) < 4.78 is 12.0. The third-order valence-corrected chi connectivity index (χ3v) is 5.04. The van der Waals surface area contributed by atoms with Gasteiger partial charge in [-0.25, -0.2) is 9.78 Å². The number of nitro benzene ring substituents is 1. The first kappa shape index (κ1) is 19.6. The lowest BCUT2D eigenvalue weighted by Gasteiger charge is -2.12. The molecule has 1 N–H and O–H groups in total. The minimum absolute atomic E-state index is 0.0593. The molecule has 0 radical (unpaired) electrons. The first-order valence-corrected chi connectivity index (χ1v) is 9.65. The van der Waals surface area contributed by atoms with Crippen LogP contribution < -0.4 is 15.8 Å². The number of hydrogen-bond acceptors (Lipinski definition) is 7. The van der Waals surface area contributed by atoms with E-state index in [-0.39, 0.29) is 30.5 Å². The van der Waals surface area contributed by atoms with Gasteiger partial charge in [-0.1, -0.05) is 6.07 Å². The Morgan fingerprint density at radius 3 is 2.80 bits per heavy atom. The molecule has 0 unspecified atom stereocenters. The number of carbonyl (C=O) groups is 1. The zero-order valence-corrected chi connectivity index (χ0v) is 16.1. The third kappa shape index (κ3) is 4.32. The van der Waals surface area contributed by atoms with Gasteiger partial charge in [-0.15, -0.1) is 0 Å². The first-order chi connectivity index (χ1) is 14.5. The van der Waals surface area contributed by atoms with Crippen molar-refractivity contribution in [3.05, 3.63) is 62.8 Å². The van der Waals surface area contributed by atoms with Crippen molar-refractivity contribution in [2.75, 3.05) is 0 Å². The van der Waals surface area contributed by atoms with E-state index in [1.807, 2.05) is 6.07 Å². The van der Waals surface area contributed by atoms with E-state index in [4.69, 9.17) is 9.15 Å². The van der Waals surface area contributed by atoms with Crippen LogP contribution in [0.4, 0.5) is 5.69 Å². The van der Waals surface area contributed by atoms with Gasteiger partial charge in [-0.05, 0) is 37.3 Å². The summed E-state index contributed by atoms with van der Waals surface area (Å²) in [6, 6.07) is 7.41. The van der Waals surface area contributed by atoms with Gasteiger partial charge in [0.05, 0.1) is 16.5 Å². The number of carbonyl (C=O) groups excluding carboxylic acids is 1. The Kier molecular flexibility index (Phi) is 5.46. The van der Waals surface area contributed by atoms with Gasteiger partial charge in [-0.2, -0.15) is 0 Å². The molecule has 0 atom stereocenters. The summed E-state index contributed by atoms with van der Waals surface area (Å²) in [6.45, 7) is -0.0223. The molecule has 0 saturated heterocycles. The number of rotatable bonds is 7. The number of oxazole rings is 1. The molecule has 3 aromatic rings. The second kappa shape index (κ2) is 8.36. The van der Waals surface area contributed by atoms with Crippen molar-refractivity contribution in [1.82, 2.24) is 14.9 Å². The normalized spacial score (nSPS) is 14.1. The maximum atomic E-state index is 12.3. The third-order valence-electron chi connectivity index (χ3n) is 5.04. The van der Waals surface area contributed by atoms with Gasteiger partial charge in [0, 0.05) is 24.9 Å². The molecule has 0 spiro atoms. The second-order valence-electron chi connectivity index (χ2n) is 7.17. The summed E-state index contributed by atoms with van der Waals surface area (Å²) in [5, 5.41) is 13.6. The molecule has 1 aliphatic rings. The monoisotopic (exact) mass is 412 g/mol. The fourth-order valence-corrected chi connectivity index (χ4v) is 3.48. The fourth-order valence-electron chi connectivity index (χ4n) is 3.48. The van der Waals surface area contributed by atoms with E-state index in [2.05, 4.69) is 10.3 Å². The zero-order valence-electron chi connectivity index (χ0n) is 16.1. The maximum absolute atomic E-state index is 12.3. The lowest BCUT2D eigenvalue weighted by Crippen LogP contribution is -2.30. The molecule has 2 heterocycles. The van der Waals surface area contributed by atoms with E-state index >= 15 is 0 Å². The van der Waals surface area contributed by atoms with Gasteiger partial charge in [-0.3, -0.25) is 19.5 Å². The Morgan fingerprint density at radius 2 is 2.10 bits per heavy atom. The number of fused-ring (bicyclic) bond motifs is 1. The van der Waals surface area contributed by atoms with Crippen LogP contribution in [0.2, 0.25) is 0 Å². The highest BCUT2D eigenvalue weighted by atomic mass is 16.6. The summed E-state index contributed by atoms with van der Waals surface area (Å²) in [5.41, 5.74) is 0.975. The molecule has 30 heavy (non-hydrogen) atoms. The molecule has 0 bridgehead atoms. The van der Waals surface area contributed by atoms with Crippen molar-refractivity contribution in [1.29, 1.82) is 0 Å². The van der Waals surface area contributed by atoms with Crippen LogP contribution in [-0.4, -0.2) is 26.5 Å². The molecule has 10 nitrogen and oxygen atoms in total. The summed E-state index contributed by atoms with van der Waals surface area (Å²) in [6.07, 6.45) is 6.33. The number of amides is 1. The molecule has 156 valence electrons. The number of ether oxygens (including phenoxy) is 1. The van der Waals surface area contributed by atoms with Crippen LogP contribution >= 0.6 is 0 Å². The van der Waals surface area contributed by atoms with Gasteiger partial charge >= 0.3 is 5.76 Å². The van der Waals surface area contributed by atoms with E-state index in [1.54, 1.807) is 12.3 Å². The highest BCUT2D eigenvalue weighted by Crippen LogP contribution is 2.23. The number of non-ortho nitro benzene ring substituents is 1. The van der Waals surface area contributed by atoms with Crippen LogP contribution in [0.3, 0.4) is 0 Å². The number of aromatic nitrogens is 2. The molecular formula is C20H20N4O6. The van der Waals surface area contributed by atoms with Crippen molar-refractivity contribution in [3.8, 4) is 5.88 Å². The Bertz CT molecular complexity index is 1130. The topological polar surface area (TPSA) is 130 Å².